The Bertz CT molecular complexity index is 1080. The topological polar surface area (TPSA) is 42.0 Å². The third-order valence-electron chi connectivity index (χ3n) is 3.59. The fourth-order valence-corrected chi connectivity index (χ4v) is 4.56. The molecule has 1 amide bonds. The average molecular weight is 389 g/mol. The Labute approximate surface area is 155 Å². The summed E-state index contributed by atoms with van der Waals surface area (Å²) in [5, 5.41) is 6.14. The van der Waals surface area contributed by atoms with Crippen molar-refractivity contribution in [1.29, 1.82) is 0 Å². The molecular weight excluding hydrogens is 379 g/mol. The van der Waals surface area contributed by atoms with Crippen LogP contribution in [0.5, 0.6) is 0 Å². The van der Waals surface area contributed by atoms with Gasteiger partial charge in [0.05, 0.1) is 10.7 Å². The number of anilines is 1. The number of benzene rings is 2. The minimum absolute atomic E-state index is 0.331. The molecular formula is C18H10ClFN2OS2. The number of rotatable bonds is 3. The minimum atomic E-state index is -0.357. The number of thiazole rings is 1. The van der Waals surface area contributed by atoms with Crippen molar-refractivity contribution in [3.63, 3.8) is 0 Å². The molecule has 2 heterocycles. The highest BCUT2D eigenvalue weighted by molar-refractivity contribution is 7.21. The van der Waals surface area contributed by atoms with Gasteiger partial charge in [0.25, 0.3) is 5.91 Å². The lowest BCUT2D eigenvalue weighted by Gasteiger charge is -1.99. The highest BCUT2D eigenvalue weighted by Crippen LogP contribution is 2.36. The number of aromatic nitrogens is 1. The van der Waals surface area contributed by atoms with Crippen molar-refractivity contribution in [2.75, 3.05) is 5.32 Å². The van der Waals surface area contributed by atoms with Gasteiger partial charge in [0.2, 0.25) is 0 Å². The molecule has 25 heavy (non-hydrogen) atoms. The van der Waals surface area contributed by atoms with E-state index in [0.29, 0.717) is 25.1 Å². The van der Waals surface area contributed by atoms with Crippen molar-refractivity contribution >= 4 is 55.4 Å². The van der Waals surface area contributed by atoms with Gasteiger partial charge in [-0.3, -0.25) is 10.1 Å². The van der Waals surface area contributed by atoms with Crippen molar-refractivity contribution in [3.8, 4) is 11.3 Å². The molecule has 0 bridgehead atoms. The van der Waals surface area contributed by atoms with Gasteiger partial charge in [0.1, 0.15) is 10.7 Å². The van der Waals surface area contributed by atoms with Crippen molar-refractivity contribution in [2.24, 2.45) is 0 Å². The molecule has 0 aliphatic rings. The smallest absolute Gasteiger partial charge is 0.269 e. The molecule has 0 saturated carbocycles. The molecule has 0 saturated heterocycles. The molecule has 0 atom stereocenters. The molecule has 4 rings (SSSR count). The zero-order valence-electron chi connectivity index (χ0n) is 12.6. The fraction of sp³-hybridized carbons (Fsp3) is 0. The normalized spacial score (nSPS) is 11.0. The van der Waals surface area contributed by atoms with Gasteiger partial charge < -0.3 is 0 Å². The minimum Gasteiger partial charge on any atom is -0.297 e. The molecule has 3 nitrogen and oxygen atoms in total. The van der Waals surface area contributed by atoms with Crippen LogP contribution in [0.15, 0.2) is 53.9 Å². The summed E-state index contributed by atoms with van der Waals surface area (Å²) in [5.74, 6) is -0.703. The molecule has 2 aromatic heterocycles. The largest absolute Gasteiger partial charge is 0.297 e. The van der Waals surface area contributed by atoms with Gasteiger partial charge in [-0.05, 0) is 18.2 Å². The highest BCUT2D eigenvalue weighted by atomic mass is 35.5. The van der Waals surface area contributed by atoms with E-state index in [2.05, 4.69) is 10.3 Å². The predicted octanol–water partition coefficient (Wildman–Crippen LogP) is 6.07. The number of halogens is 2. The first-order chi connectivity index (χ1) is 12.1. The van der Waals surface area contributed by atoms with Crippen LogP contribution in [-0.4, -0.2) is 10.9 Å². The molecule has 7 heteroatoms. The molecule has 0 spiro atoms. The van der Waals surface area contributed by atoms with E-state index in [1.54, 1.807) is 6.07 Å². The molecule has 4 aromatic rings. The number of hydrogen-bond donors (Lipinski definition) is 1. The zero-order chi connectivity index (χ0) is 17.4. The second-order valence-corrected chi connectivity index (χ2v) is 7.53. The summed E-state index contributed by atoms with van der Waals surface area (Å²) in [6.45, 7) is 0. The summed E-state index contributed by atoms with van der Waals surface area (Å²) in [6, 6.07) is 14.0. The molecule has 124 valence electrons. The van der Waals surface area contributed by atoms with E-state index in [-0.39, 0.29) is 11.7 Å². The summed E-state index contributed by atoms with van der Waals surface area (Å²) in [5.41, 5.74) is 1.78. The SMILES string of the molecule is O=C(Nc1nc(-c2ccccc2)cs1)c1sc2cc(F)ccc2c1Cl. The highest BCUT2D eigenvalue weighted by Gasteiger charge is 2.18. The number of carbonyl (C=O) groups excluding carboxylic acids is 1. The molecule has 0 radical (unpaired) electrons. The van der Waals surface area contributed by atoms with Crippen LogP contribution in [0.4, 0.5) is 9.52 Å². The maximum Gasteiger partial charge on any atom is 0.269 e. The van der Waals surface area contributed by atoms with E-state index >= 15 is 0 Å². The maximum absolute atomic E-state index is 13.3. The zero-order valence-corrected chi connectivity index (χ0v) is 15.0. The number of carbonyl (C=O) groups is 1. The van der Waals surface area contributed by atoms with E-state index in [1.165, 1.54) is 23.5 Å². The quantitative estimate of drug-likeness (QED) is 0.462. The van der Waals surface area contributed by atoms with Gasteiger partial charge in [0.15, 0.2) is 5.13 Å². The van der Waals surface area contributed by atoms with Crippen molar-refractivity contribution in [2.45, 2.75) is 0 Å². The summed E-state index contributed by atoms with van der Waals surface area (Å²) >= 11 is 8.78. The Balaban J connectivity index is 1.60. The van der Waals surface area contributed by atoms with Gasteiger partial charge in [-0.15, -0.1) is 22.7 Å². The van der Waals surface area contributed by atoms with Crippen LogP contribution in [0.25, 0.3) is 21.3 Å². The standard InChI is InChI=1S/C18H10ClFN2OS2/c19-15-12-7-6-11(20)8-14(12)25-16(15)17(23)22-18-21-13(9-24-18)10-4-2-1-3-5-10/h1-9H,(H,21,22,23). The number of fused-ring (bicyclic) bond motifs is 1. The van der Waals surface area contributed by atoms with Crippen LogP contribution in [0, 0.1) is 5.82 Å². The van der Waals surface area contributed by atoms with Gasteiger partial charge in [-0.25, -0.2) is 9.37 Å². The Morgan fingerprint density at radius 1 is 1.16 bits per heavy atom. The number of nitrogens with one attached hydrogen (secondary N) is 1. The van der Waals surface area contributed by atoms with E-state index < -0.39 is 0 Å². The van der Waals surface area contributed by atoms with Gasteiger partial charge >= 0.3 is 0 Å². The van der Waals surface area contributed by atoms with Gasteiger partial charge in [-0.2, -0.15) is 0 Å². The van der Waals surface area contributed by atoms with Crippen molar-refractivity contribution in [1.82, 2.24) is 4.98 Å². The Kier molecular flexibility index (Phi) is 4.25. The van der Waals surface area contributed by atoms with E-state index in [9.17, 15) is 9.18 Å². The summed E-state index contributed by atoms with van der Waals surface area (Å²) < 4.78 is 14.0. The van der Waals surface area contributed by atoms with Crippen LogP contribution < -0.4 is 5.32 Å². The maximum atomic E-state index is 13.3. The lowest BCUT2D eigenvalue weighted by atomic mass is 10.2. The molecule has 0 aliphatic heterocycles. The third-order valence-corrected chi connectivity index (χ3v) is 6.01. The van der Waals surface area contributed by atoms with Crippen molar-refractivity contribution in [3.05, 3.63) is 69.6 Å². The predicted molar refractivity (Wildman–Crippen MR) is 102 cm³/mol. The van der Waals surface area contributed by atoms with Crippen LogP contribution in [0.3, 0.4) is 0 Å². The van der Waals surface area contributed by atoms with Crippen LogP contribution >= 0.6 is 34.3 Å². The summed E-state index contributed by atoms with van der Waals surface area (Å²) in [4.78, 5) is 17.3. The summed E-state index contributed by atoms with van der Waals surface area (Å²) in [7, 11) is 0. The lowest BCUT2D eigenvalue weighted by molar-refractivity contribution is 0.103. The van der Waals surface area contributed by atoms with E-state index in [0.717, 1.165) is 22.6 Å². The number of thiophene rings is 1. The number of hydrogen-bond acceptors (Lipinski definition) is 4. The van der Waals surface area contributed by atoms with Crippen LogP contribution in [-0.2, 0) is 0 Å². The Morgan fingerprint density at radius 3 is 2.76 bits per heavy atom. The first-order valence-electron chi connectivity index (χ1n) is 7.31. The third kappa shape index (κ3) is 3.16. The van der Waals surface area contributed by atoms with E-state index in [1.807, 2.05) is 35.7 Å². The molecule has 0 fully saturated rings. The Morgan fingerprint density at radius 2 is 1.96 bits per heavy atom. The van der Waals surface area contributed by atoms with E-state index in [4.69, 9.17) is 11.6 Å². The van der Waals surface area contributed by atoms with Crippen molar-refractivity contribution < 1.29 is 9.18 Å². The second kappa shape index (κ2) is 6.55. The van der Waals surface area contributed by atoms with Crippen LogP contribution in [0.2, 0.25) is 5.02 Å². The fourth-order valence-electron chi connectivity index (χ4n) is 2.41. The first kappa shape index (κ1) is 16.2. The monoisotopic (exact) mass is 388 g/mol. The second-order valence-electron chi connectivity index (χ2n) is 5.24. The van der Waals surface area contributed by atoms with Gasteiger partial charge in [0, 0.05) is 21.0 Å². The molecule has 0 unspecified atom stereocenters. The van der Waals surface area contributed by atoms with Gasteiger partial charge in [-0.1, -0.05) is 41.9 Å². The number of nitrogens with zero attached hydrogens (tertiary/aromatic N) is 1. The molecule has 1 N–H and O–H groups in total. The summed E-state index contributed by atoms with van der Waals surface area (Å²) in [6.07, 6.45) is 0. The molecule has 2 aromatic carbocycles. The average Bonchev–Trinajstić information content (AvgIpc) is 3.20. The first-order valence-corrected chi connectivity index (χ1v) is 9.39. The lowest BCUT2D eigenvalue weighted by Crippen LogP contribution is -2.10. The molecule has 0 aliphatic carbocycles. The number of amides is 1. The Hall–Kier alpha value is -2.28. The van der Waals surface area contributed by atoms with Crippen LogP contribution in [0.1, 0.15) is 9.67 Å².